The van der Waals surface area contributed by atoms with Gasteiger partial charge in [0.25, 0.3) is 5.56 Å². The maximum absolute atomic E-state index is 13.9. The molecule has 3 aromatic rings. The molecular formula is C27H25BrN2O7S. The van der Waals surface area contributed by atoms with Gasteiger partial charge < -0.3 is 23.7 Å². The lowest BCUT2D eigenvalue weighted by Crippen LogP contribution is -2.40. The molecule has 0 saturated heterocycles. The second-order valence-corrected chi connectivity index (χ2v) is 10.2. The maximum atomic E-state index is 13.9. The van der Waals surface area contributed by atoms with E-state index in [1.54, 1.807) is 39.2 Å². The average Bonchev–Trinajstić information content (AvgIpc) is 3.47. The summed E-state index contributed by atoms with van der Waals surface area (Å²) in [5, 5.41) is 0. The van der Waals surface area contributed by atoms with E-state index in [-0.39, 0.29) is 19.0 Å². The number of hydrogen-bond donors (Lipinski definition) is 0. The molecule has 0 bridgehead atoms. The lowest BCUT2D eigenvalue weighted by molar-refractivity contribution is -0.139. The van der Waals surface area contributed by atoms with Crippen LogP contribution in [0.2, 0.25) is 0 Å². The number of rotatable bonds is 7. The average molecular weight is 601 g/mol. The first-order valence-electron chi connectivity index (χ1n) is 12.0. The van der Waals surface area contributed by atoms with E-state index in [1.807, 2.05) is 25.1 Å². The third-order valence-corrected chi connectivity index (χ3v) is 7.77. The topological polar surface area (TPSA) is 97.6 Å². The number of fused-ring (bicyclic) bond motifs is 2. The van der Waals surface area contributed by atoms with Gasteiger partial charge in [-0.3, -0.25) is 9.36 Å². The summed E-state index contributed by atoms with van der Waals surface area (Å²) < 4.78 is 30.3. The lowest BCUT2D eigenvalue weighted by Gasteiger charge is -2.25. The highest BCUT2D eigenvalue weighted by molar-refractivity contribution is 9.10. The van der Waals surface area contributed by atoms with Gasteiger partial charge in [-0.1, -0.05) is 33.3 Å². The summed E-state index contributed by atoms with van der Waals surface area (Å²) in [6.07, 6.45) is 1.77. The van der Waals surface area contributed by atoms with Crippen LogP contribution in [0.15, 0.2) is 55.9 Å². The van der Waals surface area contributed by atoms with Gasteiger partial charge >= 0.3 is 5.97 Å². The quantitative estimate of drug-likeness (QED) is 0.381. The standard InChI is InChI=1S/C27H25BrN2O7S/c1-5-34-19-9-15(7-8-18(19)33-4)24-23(26(32)35-6-2)14(3)29-27-30(24)25(31)22(38-27)11-16-10-20-21(12-17(16)28)37-13-36-20/h7-12,24H,5-6,13H2,1-4H3/b22-11-/t24-/m0/s1. The molecule has 198 valence electrons. The Labute approximate surface area is 230 Å². The van der Waals surface area contributed by atoms with E-state index in [9.17, 15) is 9.59 Å². The molecule has 2 aliphatic heterocycles. The fraction of sp³-hybridized carbons (Fsp3) is 0.296. The minimum absolute atomic E-state index is 0.148. The van der Waals surface area contributed by atoms with Gasteiger partial charge in [0.2, 0.25) is 6.79 Å². The Hall–Kier alpha value is -3.57. The van der Waals surface area contributed by atoms with E-state index < -0.39 is 12.0 Å². The van der Waals surface area contributed by atoms with Crippen molar-refractivity contribution < 1.29 is 28.5 Å². The van der Waals surface area contributed by atoms with Crippen molar-refractivity contribution in [2.24, 2.45) is 4.99 Å². The number of esters is 1. The van der Waals surface area contributed by atoms with Crippen molar-refractivity contribution in [3.63, 3.8) is 0 Å². The van der Waals surface area contributed by atoms with Gasteiger partial charge in [-0.2, -0.15) is 0 Å². The molecule has 0 amide bonds. The number of carbonyl (C=O) groups is 1. The van der Waals surface area contributed by atoms with E-state index in [0.29, 0.717) is 55.8 Å². The molecule has 0 fully saturated rings. The molecule has 0 spiro atoms. The summed E-state index contributed by atoms with van der Waals surface area (Å²) in [7, 11) is 1.56. The minimum atomic E-state index is -0.766. The predicted octanol–water partition coefficient (Wildman–Crippen LogP) is 3.70. The molecule has 1 atom stereocenters. The highest BCUT2D eigenvalue weighted by Gasteiger charge is 2.34. The second-order valence-electron chi connectivity index (χ2n) is 8.37. The van der Waals surface area contributed by atoms with Crippen LogP contribution in [0.4, 0.5) is 0 Å². The number of carbonyl (C=O) groups excluding carboxylic acids is 1. The van der Waals surface area contributed by atoms with Gasteiger partial charge in [-0.25, -0.2) is 9.79 Å². The van der Waals surface area contributed by atoms with E-state index >= 15 is 0 Å². The first-order chi connectivity index (χ1) is 18.4. The van der Waals surface area contributed by atoms with Crippen LogP contribution >= 0.6 is 27.3 Å². The van der Waals surface area contributed by atoms with Crippen LogP contribution in [-0.4, -0.2) is 37.7 Å². The Morgan fingerprint density at radius 1 is 1.18 bits per heavy atom. The number of allylic oxidation sites excluding steroid dienone is 1. The molecule has 5 rings (SSSR count). The Morgan fingerprint density at radius 2 is 1.95 bits per heavy atom. The first-order valence-corrected chi connectivity index (χ1v) is 13.6. The van der Waals surface area contributed by atoms with Crippen LogP contribution in [0.25, 0.3) is 6.08 Å². The molecular weight excluding hydrogens is 576 g/mol. The maximum Gasteiger partial charge on any atom is 0.338 e. The summed E-state index contributed by atoms with van der Waals surface area (Å²) in [4.78, 5) is 32.1. The van der Waals surface area contributed by atoms with Gasteiger partial charge in [0.05, 0.1) is 42.2 Å². The summed E-state index contributed by atoms with van der Waals surface area (Å²) in [6.45, 7) is 6.12. The molecule has 2 aliphatic rings. The summed E-state index contributed by atoms with van der Waals surface area (Å²) >= 11 is 4.80. The Balaban J connectivity index is 1.72. The highest BCUT2D eigenvalue weighted by atomic mass is 79.9. The fourth-order valence-electron chi connectivity index (χ4n) is 4.42. The number of methoxy groups -OCH3 is 1. The van der Waals surface area contributed by atoms with E-state index in [4.69, 9.17) is 23.7 Å². The van der Waals surface area contributed by atoms with Crippen molar-refractivity contribution >= 4 is 39.3 Å². The van der Waals surface area contributed by atoms with Crippen LogP contribution in [0.1, 0.15) is 37.9 Å². The Kier molecular flexibility index (Phi) is 7.31. The molecule has 0 unspecified atom stereocenters. The smallest absolute Gasteiger partial charge is 0.338 e. The van der Waals surface area contributed by atoms with Crippen molar-refractivity contribution in [2.75, 3.05) is 27.1 Å². The van der Waals surface area contributed by atoms with Crippen LogP contribution in [0.5, 0.6) is 23.0 Å². The van der Waals surface area contributed by atoms with Crippen molar-refractivity contribution in [2.45, 2.75) is 26.8 Å². The molecule has 11 heteroatoms. The third kappa shape index (κ3) is 4.60. The normalized spacial score (nSPS) is 16.2. The molecule has 3 heterocycles. The van der Waals surface area contributed by atoms with Gasteiger partial charge in [0.1, 0.15) is 0 Å². The van der Waals surface area contributed by atoms with Gasteiger partial charge in [-0.05, 0) is 62.2 Å². The van der Waals surface area contributed by atoms with Crippen LogP contribution in [0, 0.1) is 0 Å². The number of halogens is 1. The second kappa shape index (κ2) is 10.7. The Morgan fingerprint density at radius 3 is 2.66 bits per heavy atom. The van der Waals surface area contributed by atoms with E-state index in [2.05, 4.69) is 20.9 Å². The monoisotopic (exact) mass is 600 g/mol. The number of aromatic nitrogens is 1. The van der Waals surface area contributed by atoms with Crippen molar-refractivity contribution in [3.8, 4) is 23.0 Å². The predicted molar refractivity (Wildman–Crippen MR) is 145 cm³/mol. The van der Waals surface area contributed by atoms with Crippen molar-refractivity contribution in [1.29, 1.82) is 0 Å². The van der Waals surface area contributed by atoms with Gasteiger partial charge in [0, 0.05) is 4.47 Å². The molecule has 0 saturated carbocycles. The van der Waals surface area contributed by atoms with Crippen molar-refractivity contribution in [3.05, 3.63) is 76.9 Å². The molecule has 9 nitrogen and oxygen atoms in total. The summed E-state index contributed by atoms with van der Waals surface area (Å²) in [6, 6.07) is 8.22. The summed E-state index contributed by atoms with van der Waals surface area (Å²) in [5.41, 5.74) is 1.91. The van der Waals surface area contributed by atoms with E-state index in [0.717, 1.165) is 10.0 Å². The number of hydrogen-bond acceptors (Lipinski definition) is 9. The Bertz CT molecular complexity index is 1640. The first kappa shape index (κ1) is 26.1. The van der Waals surface area contributed by atoms with E-state index in [1.165, 1.54) is 15.9 Å². The van der Waals surface area contributed by atoms with Crippen LogP contribution in [0.3, 0.4) is 0 Å². The van der Waals surface area contributed by atoms with Gasteiger partial charge in [-0.15, -0.1) is 0 Å². The summed E-state index contributed by atoms with van der Waals surface area (Å²) in [5.74, 6) is 1.77. The number of benzene rings is 2. The fourth-order valence-corrected chi connectivity index (χ4v) is 5.90. The molecule has 0 radical (unpaired) electrons. The third-order valence-electron chi connectivity index (χ3n) is 6.10. The molecule has 1 aromatic heterocycles. The SMILES string of the molecule is CCOC(=O)C1=C(C)N=c2s/c(=C\c3cc4c(cc3Br)OCO4)c(=O)n2[C@H]1c1ccc(OC)c(OCC)c1. The highest BCUT2D eigenvalue weighted by Crippen LogP contribution is 2.38. The molecule has 0 aliphatic carbocycles. The van der Waals surface area contributed by atoms with Crippen LogP contribution < -0.4 is 33.8 Å². The van der Waals surface area contributed by atoms with Crippen LogP contribution in [-0.2, 0) is 9.53 Å². The lowest BCUT2D eigenvalue weighted by atomic mass is 9.95. The van der Waals surface area contributed by atoms with Crippen molar-refractivity contribution in [1.82, 2.24) is 4.57 Å². The zero-order valence-corrected chi connectivity index (χ0v) is 23.6. The molecule has 0 N–H and O–H groups in total. The largest absolute Gasteiger partial charge is 0.493 e. The minimum Gasteiger partial charge on any atom is -0.493 e. The number of nitrogens with zero attached hydrogens (tertiary/aromatic N) is 2. The number of ether oxygens (including phenoxy) is 5. The number of thiazole rings is 1. The molecule has 38 heavy (non-hydrogen) atoms. The molecule has 2 aromatic carbocycles. The zero-order valence-electron chi connectivity index (χ0n) is 21.2. The van der Waals surface area contributed by atoms with Gasteiger partial charge in [0.15, 0.2) is 27.8 Å². The zero-order chi connectivity index (χ0) is 27.0.